The second-order valence-electron chi connectivity index (χ2n) is 5.02. The number of sulfonamides is 1. The van der Waals surface area contributed by atoms with Crippen molar-refractivity contribution in [2.75, 3.05) is 19.6 Å². The van der Waals surface area contributed by atoms with Gasteiger partial charge < -0.3 is 5.32 Å². The third-order valence-electron chi connectivity index (χ3n) is 3.13. The highest BCUT2D eigenvalue weighted by atomic mass is 32.2. The zero-order valence-corrected chi connectivity index (χ0v) is 11.3. The molecule has 0 saturated carbocycles. The number of halogens is 1. The summed E-state index contributed by atoms with van der Waals surface area (Å²) in [7, 11) is -3.56. The molecule has 1 N–H and O–H groups in total. The van der Waals surface area contributed by atoms with Crippen molar-refractivity contribution >= 4 is 10.0 Å². The lowest BCUT2D eigenvalue weighted by Gasteiger charge is -2.41. The van der Waals surface area contributed by atoms with Crippen LogP contribution >= 0.6 is 0 Å². The predicted molar refractivity (Wildman–Crippen MR) is 67.2 cm³/mol. The molecule has 1 aliphatic rings. The third-order valence-corrected chi connectivity index (χ3v) is 5.25. The van der Waals surface area contributed by atoms with Crippen molar-refractivity contribution in [3.63, 3.8) is 0 Å². The fourth-order valence-corrected chi connectivity index (χ4v) is 3.93. The number of nitrogens with zero attached hydrogens (tertiary/aromatic N) is 1. The van der Waals surface area contributed by atoms with E-state index in [0.717, 1.165) is 0 Å². The topological polar surface area (TPSA) is 49.4 Å². The molecule has 1 aromatic rings. The van der Waals surface area contributed by atoms with Crippen LogP contribution in [0, 0.1) is 5.82 Å². The molecular formula is C12H17FN2O2S. The highest BCUT2D eigenvalue weighted by Crippen LogP contribution is 2.25. The summed E-state index contributed by atoms with van der Waals surface area (Å²) in [5.74, 6) is -0.437. The van der Waals surface area contributed by atoms with Gasteiger partial charge in [-0.25, -0.2) is 12.8 Å². The fraction of sp³-hybridized carbons (Fsp3) is 0.500. The standard InChI is InChI=1S/C12H17FN2O2S/c1-12(2)9-14-7-8-15(12)18(16,17)11-5-3-10(13)4-6-11/h3-6,14H,7-9H2,1-2H3. The normalized spacial score (nSPS) is 20.8. The average molecular weight is 272 g/mol. The van der Waals surface area contributed by atoms with Crippen LogP contribution in [0.25, 0.3) is 0 Å². The maximum Gasteiger partial charge on any atom is 0.243 e. The highest BCUT2D eigenvalue weighted by molar-refractivity contribution is 7.89. The van der Waals surface area contributed by atoms with Crippen molar-refractivity contribution in [2.24, 2.45) is 0 Å². The maximum absolute atomic E-state index is 12.9. The Kier molecular flexibility index (Phi) is 3.44. The molecule has 0 aliphatic carbocycles. The molecule has 6 heteroatoms. The first-order valence-corrected chi connectivity index (χ1v) is 7.27. The predicted octanol–water partition coefficient (Wildman–Crippen LogP) is 1.20. The molecule has 1 saturated heterocycles. The summed E-state index contributed by atoms with van der Waals surface area (Å²) in [6, 6.07) is 4.95. The van der Waals surface area contributed by atoms with Crippen LogP contribution in [0.3, 0.4) is 0 Å². The summed E-state index contributed by atoms with van der Waals surface area (Å²) in [5, 5.41) is 3.17. The van der Waals surface area contributed by atoms with Gasteiger partial charge in [0.25, 0.3) is 0 Å². The fourth-order valence-electron chi connectivity index (χ4n) is 2.15. The summed E-state index contributed by atoms with van der Waals surface area (Å²) in [5.41, 5.74) is -0.481. The minimum Gasteiger partial charge on any atom is -0.314 e. The van der Waals surface area contributed by atoms with E-state index in [1.165, 1.54) is 28.6 Å². The van der Waals surface area contributed by atoms with E-state index in [1.807, 2.05) is 13.8 Å². The molecular weight excluding hydrogens is 255 g/mol. The zero-order valence-electron chi connectivity index (χ0n) is 10.5. The molecule has 0 bridgehead atoms. The van der Waals surface area contributed by atoms with Gasteiger partial charge in [-0.05, 0) is 38.1 Å². The number of benzene rings is 1. The Morgan fingerprint density at radius 3 is 2.44 bits per heavy atom. The number of hydrogen-bond acceptors (Lipinski definition) is 3. The molecule has 2 rings (SSSR count). The Hall–Kier alpha value is -0.980. The molecule has 4 nitrogen and oxygen atoms in total. The Bertz CT molecular complexity index is 526. The van der Waals surface area contributed by atoms with Crippen molar-refractivity contribution in [1.82, 2.24) is 9.62 Å². The molecule has 0 unspecified atom stereocenters. The van der Waals surface area contributed by atoms with Crippen LogP contribution in [-0.2, 0) is 10.0 Å². The van der Waals surface area contributed by atoms with Gasteiger partial charge in [-0.3, -0.25) is 0 Å². The first-order chi connectivity index (χ1) is 8.34. The molecule has 1 fully saturated rings. The van der Waals surface area contributed by atoms with E-state index in [1.54, 1.807) is 0 Å². The van der Waals surface area contributed by atoms with E-state index in [2.05, 4.69) is 5.32 Å². The monoisotopic (exact) mass is 272 g/mol. The van der Waals surface area contributed by atoms with Crippen LogP contribution in [0.4, 0.5) is 4.39 Å². The van der Waals surface area contributed by atoms with Crippen LogP contribution in [0.15, 0.2) is 29.2 Å². The van der Waals surface area contributed by atoms with Gasteiger partial charge in [0.1, 0.15) is 5.82 Å². The molecule has 0 spiro atoms. The van der Waals surface area contributed by atoms with Crippen molar-refractivity contribution in [2.45, 2.75) is 24.3 Å². The summed E-state index contributed by atoms with van der Waals surface area (Å²) >= 11 is 0. The van der Waals surface area contributed by atoms with Crippen molar-refractivity contribution in [3.8, 4) is 0 Å². The van der Waals surface area contributed by atoms with Crippen LogP contribution in [0.1, 0.15) is 13.8 Å². The van der Waals surface area contributed by atoms with Crippen molar-refractivity contribution < 1.29 is 12.8 Å². The van der Waals surface area contributed by atoms with Crippen LogP contribution in [0.5, 0.6) is 0 Å². The van der Waals surface area contributed by atoms with Gasteiger partial charge in [-0.2, -0.15) is 4.31 Å². The van der Waals surface area contributed by atoms with Crippen molar-refractivity contribution in [1.29, 1.82) is 0 Å². The highest BCUT2D eigenvalue weighted by Gasteiger charge is 2.38. The van der Waals surface area contributed by atoms with Crippen LogP contribution in [0.2, 0.25) is 0 Å². The summed E-state index contributed by atoms with van der Waals surface area (Å²) < 4.78 is 39.3. The Balaban J connectivity index is 2.38. The summed E-state index contributed by atoms with van der Waals surface area (Å²) in [6.45, 7) is 5.41. The lowest BCUT2D eigenvalue weighted by atomic mass is 10.0. The summed E-state index contributed by atoms with van der Waals surface area (Å²) in [4.78, 5) is 0.138. The number of nitrogens with one attached hydrogen (secondary N) is 1. The Morgan fingerprint density at radius 2 is 1.89 bits per heavy atom. The smallest absolute Gasteiger partial charge is 0.243 e. The number of hydrogen-bond donors (Lipinski definition) is 1. The minimum atomic E-state index is -3.56. The van der Waals surface area contributed by atoms with Gasteiger partial charge in [0.05, 0.1) is 4.90 Å². The van der Waals surface area contributed by atoms with E-state index in [-0.39, 0.29) is 4.90 Å². The van der Waals surface area contributed by atoms with Crippen LogP contribution in [-0.4, -0.2) is 37.9 Å². The lowest BCUT2D eigenvalue weighted by Crippen LogP contribution is -2.59. The SMILES string of the molecule is CC1(C)CNCCN1S(=O)(=O)c1ccc(F)cc1. The first-order valence-electron chi connectivity index (χ1n) is 5.83. The minimum absolute atomic E-state index is 0.138. The van der Waals surface area contributed by atoms with Crippen molar-refractivity contribution in [3.05, 3.63) is 30.1 Å². The molecule has 18 heavy (non-hydrogen) atoms. The molecule has 0 amide bonds. The third kappa shape index (κ3) is 2.41. The lowest BCUT2D eigenvalue weighted by molar-refractivity contribution is 0.186. The molecule has 0 radical (unpaired) electrons. The second-order valence-corrected chi connectivity index (χ2v) is 6.88. The van der Waals surface area contributed by atoms with Gasteiger partial charge in [0, 0.05) is 25.2 Å². The largest absolute Gasteiger partial charge is 0.314 e. The van der Waals surface area contributed by atoms with E-state index in [0.29, 0.717) is 19.6 Å². The molecule has 1 heterocycles. The Labute approximate surface area is 107 Å². The number of rotatable bonds is 2. The molecule has 0 atom stereocenters. The molecule has 1 aliphatic heterocycles. The van der Waals surface area contributed by atoms with Gasteiger partial charge >= 0.3 is 0 Å². The molecule has 100 valence electrons. The Morgan fingerprint density at radius 1 is 1.28 bits per heavy atom. The van der Waals surface area contributed by atoms with Crippen LogP contribution < -0.4 is 5.32 Å². The van der Waals surface area contributed by atoms with Gasteiger partial charge in [0.15, 0.2) is 0 Å². The first kappa shape index (κ1) is 13.5. The zero-order chi connectivity index (χ0) is 13.4. The average Bonchev–Trinajstić information content (AvgIpc) is 2.28. The van der Waals surface area contributed by atoms with E-state index >= 15 is 0 Å². The van der Waals surface area contributed by atoms with E-state index in [9.17, 15) is 12.8 Å². The molecule has 1 aromatic carbocycles. The second kappa shape index (κ2) is 4.60. The van der Waals surface area contributed by atoms with E-state index < -0.39 is 21.4 Å². The van der Waals surface area contributed by atoms with Gasteiger partial charge in [0.2, 0.25) is 10.0 Å². The van der Waals surface area contributed by atoms with E-state index in [4.69, 9.17) is 0 Å². The molecule has 0 aromatic heterocycles. The quantitative estimate of drug-likeness (QED) is 0.880. The number of piperazine rings is 1. The summed E-state index contributed by atoms with van der Waals surface area (Å²) in [6.07, 6.45) is 0. The maximum atomic E-state index is 12.9. The van der Waals surface area contributed by atoms with Gasteiger partial charge in [-0.15, -0.1) is 0 Å². The van der Waals surface area contributed by atoms with Gasteiger partial charge in [-0.1, -0.05) is 0 Å².